The summed E-state index contributed by atoms with van der Waals surface area (Å²) in [5, 5.41) is 39.3. The monoisotopic (exact) mass is 749 g/mol. The summed E-state index contributed by atoms with van der Waals surface area (Å²) in [6.07, 6.45) is 14.8. The van der Waals surface area contributed by atoms with Crippen molar-refractivity contribution >= 4 is 34.2 Å². The van der Waals surface area contributed by atoms with E-state index in [0.717, 1.165) is 68.6 Å². The van der Waals surface area contributed by atoms with Gasteiger partial charge >= 0.3 is 0 Å². The zero-order valence-corrected chi connectivity index (χ0v) is 31.4. The van der Waals surface area contributed by atoms with Crippen LogP contribution in [0.1, 0.15) is 81.0 Å². The molecule has 4 fully saturated rings. The molecule has 2 saturated heterocycles. The number of piperidine rings is 1. The number of benzene rings is 1. The molecule has 2 saturated carbocycles. The van der Waals surface area contributed by atoms with Crippen molar-refractivity contribution in [3.05, 3.63) is 78.0 Å². The standard InChI is InChI=1S/C41H43N13O2/c1-27(20-42)47-33-19-36(54-38-30(23-46-54)18-28(21-43)22-45-38)44-24-34(33)53-25-35(49-50-53)41-10-8-40(26-41,9-11-41)12-13-51-14-16-52(17-15-51)31-4-2-29(3-5-31)32-6-7-37(55)48-39(32)56/h2-5,18-19,22-25,27,32H,6-17,26H2,1H3,(H,44,47)(H,48,55,56)/t27-,32?,40?,41?/m1/s1. The molecule has 4 aliphatic rings. The number of amides is 2. The second-order valence-corrected chi connectivity index (χ2v) is 16.0. The van der Waals surface area contributed by atoms with Crippen LogP contribution >= 0.6 is 0 Å². The van der Waals surface area contributed by atoms with Crippen LogP contribution in [0.25, 0.3) is 22.5 Å². The number of piperazine rings is 1. The Kier molecular flexibility index (Phi) is 8.97. The summed E-state index contributed by atoms with van der Waals surface area (Å²) in [7, 11) is 0. The molecule has 1 aromatic carbocycles. The SMILES string of the molecule is C[C@H](C#N)Nc1cc(-n2ncc3cc(C#N)cnc32)ncc1-n1cc(C23CCC(CCN4CCN(c5ccc(C6CCC(=O)NC6=O)cc5)CC4)(CC2)C3)nn1. The molecule has 2 aliphatic carbocycles. The number of imide groups is 1. The molecule has 2 bridgehead atoms. The van der Waals surface area contributed by atoms with Crippen LogP contribution in [-0.2, 0) is 15.0 Å². The number of fused-ring (bicyclic) bond motifs is 3. The second-order valence-electron chi connectivity index (χ2n) is 16.0. The highest BCUT2D eigenvalue weighted by molar-refractivity contribution is 6.01. The van der Waals surface area contributed by atoms with Crippen molar-refractivity contribution in [3.8, 4) is 23.6 Å². The van der Waals surface area contributed by atoms with Crippen LogP contribution in [0.4, 0.5) is 11.4 Å². The first-order valence-corrected chi connectivity index (χ1v) is 19.5. The molecule has 0 spiro atoms. The van der Waals surface area contributed by atoms with Crippen LogP contribution in [0, 0.1) is 28.1 Å². The van der Waals surface area contributed by atoms with Gasteiger partial charge in [-0.3, -0.25) is 19.8 Å². The Bertz CT molecular complexity index is 2390. The highest BCUT2D eigenvalue weighted by Crippen LogP contribution is 2.63. The molecule has 15 heteroatoms. The summed E-state index contributed by atoms with van der Waals surface area (Å²) in [5.41, 5.74) is 5.90. The van der Waals surface area contributed by atoms with Gasteiger partial charge in [0.05, 0.1) is 47.5 Å². The minimum absolute atomic E-state index is 0.0137. The van der Waals surface area contributed by atoms with Crippen LogP contribution in [-0.4, -0.2) is 90.2 Å². The number of hydrogen-bond acceptors (Lipinski definition) is 12. The largest absolute Gasteiger partial charge is 0.369 e. The molecule has 2 atom stereocenters. The van der Waals surface area contributed by atoms with Crippen LogP contribution in [0.2, 0.25) is 0 Å². The van der Waals surface area contributed by atoms with Gasteiger partial charge in [0.1, 0.15) is 17.8 Å². The predicted molar refractivity (Wildman–Crippen MR) is 207 cm³/mol. The lowest BCUT2D eigenvalue weighted by Gasteiger charge is -2.38. The fourth-order valence-electron chi connectivity index (χ4n) is 9.46. The lowest BCUT2D eigenvalue weighted by Crippen LogP contribution is -2.47. The maximum Gasteiger partial charge on any atom is 0.234 e. The van der Waals surface area contributed by atoms with Gasteiger partial charge in [-0.05, 0) is 87.6 Å². The van der Waals surface area contributed by atoms with Crippen LogP contribution in [0.5, 0.6) is 0 Å². The van der Waals surface area contributed by atoms with Gasteiger partial charge in [0.25, 0.3) is 0 Å². The van der Waals surface area contributed by atoms with Gasteiger partial charge in [-0.25, -0.2) is 14.6 Å². The fourth-order valence-corrected chi connectivity index (χ4v) is 9.46. The molecule has 2 amide bonds. The zero-order valence-electron chi connectivity index (χ0n) is 31.4. The van der Waals surface area contributed by atoms with Gasteiger partial charge in [0.2, 0.25) is 11.8 Å². The first kappa shape index (κ1) is 35.5. The van der Waals surface area contributed by atoms with Gasteiger partial charge < -0.3 is 10.2 Å². The quantitative estimate of drug-likeness (QED) is 0.190. The first-order chi connectivity index (χ1) is 27.2. The number of nitriles is 2. The van der Waals surface area contributed by atoms with Crippen molar-refractivity contribution in [1.29, 1.82) is 10.5 Å². The summed E-state index contributed by atoms with van der Waals surface area (Å²) in [5.74, 6) is -0.114. The highest BCUT2D eigenvalue weighted by Gasteiger charge is 2.55. The number of anilines is 2. The Morgan fingerprint density at radius 3 is 2.55 bits per heavy atom. The average Bonchev–Trinajstić information content (AvgIpc) is 4.04. The van der Waals surface area contributed by atoms with Crippen molar-refractivity contribution in [1.82, 2.24) is 45.0 Å². The summed E-state index contributed by atoms with van der Waals surface area (Å²) in [4.78, 5) is 38.1. The number of pyridine rings is 2. The van der Waals surface area contributed by atoms with Crippen LogP contribution in [0.15, 0.2) is 61.2 Å². The van der Waals surface area contributed by atoms with Gasteiger partial charge in [0, 0.05) is 61.4 Å². The molecule has 9 rings (SSSR count). The first-order valence-electron chi connectivity index (χ1n) is 19.5. The second kappa shape index (κ2) is 14.1. The summed E-state index contributed by atoms with van der Waals surface area (Å²) < 4.78 is 3.39. The van der Waals surface area contributed by atoms with E-state index in [1.807, 2.05) is 24.4 Å². The molecule has 6 heterocycles. The molecule has 1 unspecified atom stereocenters. The van der Waals surface area contributed by atoms with E-state index in [0.29, 0.717) is 46.7 Å². The molecule has 2 N–H and O–H groups in total. The average molecular weight is 750 g/mol. The van der Waals surface area contributed by atoms with E-state index >= 15 is 0 Å². The van der Waals surface area contributed by atoms with Crippen molar-refractivity contribution in [3.63, 3.8) is 0 Å². The number of aromatic nitrogens is 7. The summed E-state index contributed by atoms with van der Waals surface area (Å²) in [6.45, 7) is 6.87. The van der Waals surface area contributed by atoms with E-state index in [9.17, 15) is 20.1 Å². The van der Waals surface area contributed by atoms with Gasteiger partial charge in [0.15, 0.2) is 11.5 Å². The van der Waals surface area contributed by atoms with Crippen LogP contribution in [0.3, 0.4) is 0 Å². The van der Waals surface area contributed by atoms with Crippen molar-refractivity contribution in [2.24, 2.45) is 5.41 Å². The number of hydrogen-bond donors (Lipinski definition) is 2. The molecular weight excluding hydrogens is 707 g/mol. The number of carbonyl (C=O) groups is 2. The molecule has 4 aromatic heterocycles. The van der Waals surface area contributed by atoms with Gasteiger partial charge in [-0.15, -0.1) is 5.10 Å². The minimum atomic E-state index is -0.470. The van der Waals surface area contributed by atoms with E-state index < -0.39 is 6.04 Å². The number of carbonyl (C=O) groups excluding carboxylic acids is 2. The van der Waals surface area contributed by atoms with E-state index in [-0.39, 0.29) is 23.1 Å². The van der Waals surface area contributed by atoms with E-state index in [4.69, 9.17) is 10.1 Å². The molecular formula is C41H43N13O2. The third kappa shape index (κ3) is 6.51. The van der Waals surface area contributed by atoms with E-state index in [2.05, 4.69) is 60.0 Å². The molecule has 15 nitrogen and oxygen atoms in total. The third-order valence-electron chi connectivity index (χ3n) is 12.7. The lowest BCUT2D eigenvalue weighted by atomic mass is 9.79. The topological polar surface area (TPSA) is 187 Å². The predicted octanol–water partition coefficient (Wildman–Crippen LogP) is 4.53. The maximum absolute atomic E-state index is 12.3. The molecule has 284 valence electrons. The Morgan fingerprint density at radius 2 is 1.80 bits per heavy atom. The third-order valence-corrected chi connectivity index (χ3v) is 12.7. The summed E-state index contributed by atoms with van der Waals surface area (Å²) in [6, 6.07) is 15.8. The number of nitrogens with zero attached hydrogens (tertiary/aromatic N) is 11. The number of nitrogens with one attached hydrogen (secondary N) is 2. The van der Waals surface area contributed by atoms with Gasteiger partial charge in [-0.2, -0.15) is 20.3 Å². The highest BCUT2D eigenvalue weighted by atomic mass is 16.2. The van der Waals surface area contributed by atoms with Crippen molar-refractivity contribution < 1.29 is 9.59 Å². The smallest absolute Gasteiger partial charge is 0.234 e. The molecule has 5 aromatic rings. The summed E-state index contributed by atoms with van der Waals surface area (Å²) >= 11 is 0. The van der Waals surface area contributed by atoms with E-state index in [1.54, 1.807) is 34.7 Å². The molecule has 56 heavy (non-hydrogen) atoms. The van der Waals surface area contributed by atoms with Crippen LogP contribution < -0.4 is 15.5 Å². The van der Waals surface area contributed by atoms with Crippen molar-refractivity contribution in [2.75, 3.05) is 42.9 Å². The van der Waals surface area contributed by atoms with E-state index in [1.165, 1.54) is 31.1 Å². The zero-order chi connectivity index (χ0) is 38.4. The Hall–Kier alpha value is -6.19. The fraction of sp³-hybridized carbons (Fsp3) is 0.439. The lowest BCUT2D eigenvalue weighted by molar-refractivity contribution is -0.134. The number of rotatable bonds is 10. The normalized spacial score (nSPS) is 24.2. The minimum Gasteiger partial charge on any atom is -0.369 e. The molecule has 2 aliphatic heterocycles. The maximum atomic E-state index is 12.3. The Labute approximate surface area is 324 Å². The van der Waals surface area contributed by atoms with Crippen molar-refractivity contribution in [2.45, 2.75) is 75.7 Å². The Balaban J connectivity index is 0.838. The molecule has 0 radical (unpaired) electrons. The van der Waals surface area contributed by atoms with Gasteiger partial charge in [-0.1, -0.05) is 17.3 Å². The Morgan fingerprint density at radius 1 is 1.00 bits per heavy atom.